The van der Waals surface area contributed by atoms with Crippen molar-refractivity contribution < 1.29 is 19.4 Å². The van der Waals surface area contributed by atoms with Crippen LogP contribution in [-0.4, -0.2) is 40.0 Å². The number of ether oxygens (including phenoxy) is 1. The minimum absolute atomic E-state index is 0.0111. The van der Waals surface area contributed by atoms with Crippen molar-refractivity contribution in [3.63, 3.8) is 0 Å². The molecule has 0 bridgehead atoms. The lowest BCUT2D eigenvalue weighted by molar-refractivity contribution is -0.139. The topological polar surface area (TPSA) is 83.8 Å². The van der Waals surface area contributed by atoms with Crippen LogP contribution in [0.5, 0.6) is 11.5 Å². The molecule has 2 N–H and O–H groups in total. The zero-order valence-electron chi connectivity index (χ0n) is 19.9. The van der Waals surface area contributed by atoms with Gasteiger partial charge in [0.25, 0.3) is 5.91 Å². The standard InChI is InChI=1S/C27H29N3O4/c1-15(2)10-11-29-13-18-24(17-8-9-23(34-4)22(32)12-17)26-20(14-30(16(3)31)27(26)33)28-19-6-5-7-21(29)25(18)19/h5-9,12-13,15,24,28,32H,10-11,14H2,1-4H3. The van der Waals surface area contributed by atoms with Gasteiger partial charge in [0.05, 0.1) is 24.7 Å². The summed E-state index contributed by atoms with van der Waals surface area (Å²) in [6, 6.07) is 11.4. The Kier molecular flexibility index (Phi) is 5.35. The van der Waals surface area contributed by atoms with E-state index in [0.717, 1.165) is 46.4 Å². The van der Waals surface area contributed by atoms with Crippen LogP contribution in [0.2, 0.25) is 0 Å². The number of amides is 2. The molecule has 2 aliphatic heterocycles. The highest BCUT2D eigenvalue weighted by atomic mass is 16.5. The Morgan fingerprint density at radius 1 is 1.26 bits per heavy atom. The lowest BCUT2D eigenvalue weighted by Crippen LogP contribution is -2.33. The van der Waals surface area contributed by atoms with Crippen LogP contribution >= 0.6 is 0 Å². The van der Waals surface area contributed by atoms with Crippen LogP contribution in [0.4, 0.5) is 5.69 Å². The fraction of sp³-hybridized carbons (Fsp3) is 0.333. The highest BCUT2D eigenvalue weighted by Crippen LogP contribution is 2.47. The SMILES string of the molecule is COc1ccc(C2C3=C(CN(C(C)=O)C3=O)Nc3cccc4c3c2cn4CCC(C)C)cc1O. The van der Waals surface area contributed by atoms with Crippen LogP contribution in [-0.2, 0) is 16.1 Å². The number of nitrogens with one attached hydrogen (secondary N) is 1. The number of methoxy groups -OCH3 is 1. The Morgan fingerprint density at radius 2 is 2.06 bits per heavy atom. The van der Waals surface area contributed by atoms with Crippen LogP contribution in [0.25, 0.3) is 10.9 Å². The summed E-state index contributed by atoms with van der Waals surface area (Å²) in [6.07, 6.45) is 3.16. The van der Waals surface area contributed by atoms with E-state index >= 15 is 0 Å². The van der Waals surface area contributed by atoms with Gasteiger partial charge in [-0.25, -0.2) is 0 Å². The number of aromatic nitrogens is 1. The number of aromatic hydroxyl groups is 1. The summed E-state index contributed by atoms with van der Waals surface area (Å²) in [5.41, 5.74) is 5.03. The normalized spacial score (nSPS) is 17.3. The van der Waals surface area contributed by atoms with Crippen molar-refractivity contribution >= 4 is 28.4 Å². The molecule has 0 spiro atoms. The van der Waals surface area contributed by atoms with E-state index in [9.17, 15) is 14.7 Å². The van der Waals surface area contributed by atoms with Crippen molar-refractivity contribution in [3.05, 3.63) is 65.0 Å². The summed E-state index contributed by atoms with van der Waals surface area (Å²) in [6.45, 7) is 6.88. The molecule has 1 unspecified atom stereocenters. The van der Waals surface area contributed by atoms with Crippen molar-refractivity contribution in [2.75, 3.05) is 19.0 Å². The van der Waals surface area contributed by atoms with Crippen molar-refractivity contribution in [2.45, 2.75) is 39.7 Å². The number of phenols is 1. The largest absolute Gasteiger partial charge is 0.504 e. The second-order valence-corrected chi connectivity index (χ2v) is 9.45. The molecule has 7 heteroatoms. The van der Waals surface area contributed by atoms with Crippen molar-refractivity contribution in [2.24, 2.45) is 5.92 Å². The Balaban J connectivity index is 1.75. The number of anilines is 1. The number of carbonyl (C=O) groups is 2. The number of hydrogen-bond acceptors (Lipinski definition) is 5. The number of benzene rings is 2. The Labute approximate surface area is 198 Å². The maximum atomic E-state index is 13.5. The summed E-state index contributed by atoms with van der Waals surface area (Å²) in [7, 11) is 1.50. The Bertz CT molecular complexity index is 1350. The van der Waals surface area contributed by atoms with Crippen molar-refractivity contribution in [3.8, 4) is 11.5 Å². The number of hydrogen-bond donors (Lipinski definition) is 2. The molecule has 0 saturated carbocycles. The molecular weight excluding hydrogens is 430 g/mol. The zero-order valence-corrected chi connectivity index (χ0v) is 19.9. The molecule has 176 valence electrons. The second kappa shape index (κ2) is 8.24. The molecule has 2 amide bonds. The first-order chi connectivity index (χ1) is 16.3. The average Bonchev–Trinajstić information content (AvgIpc) is 3.27. The maximum Gasteiger partial charge on any atom is 0.259 e. The van der Waals surface area contributed by atoms with Crippen LogP contribution in [0.15, 0.2) is 53.9 Å². The van der Waals surface area contributed by atoms with Crippen molar-refractivity contribution in [1.82, 2.24) is 9.47 Å². The van der Waals surface area contributed by atoms with Gasteiger partial charge in [-0.1, -0.05) is 26.0 Å². The van der Waals surface area contributed by atoms with E-state index in [0.29, 0.717) is 17.2 Å². The predicted molar refractivity (Wildman–Crippen MR) is 131 cm³/mol. The molecule has 2 aliphatic rings. The van der Waals surface area contributed by atoms with Gasteiger partial charge in [-0.3, -0.25) is 14.5 Å². The number of carbonyl (C=O) groups excluding carboxylic acids is 2. The van der Waals surface area contributed by atoms with Gasteiger partial charge in [-0.15, -0.1) is 0 Å². The molecule has 0 aliphatic carbocycles. The Hall–Kier alpha value is -3.74. The predicted octanol–water partition coefficient (Wildman–Crippen LogP) is 4.60. The van der Waals surface area contributed by atoms with E-state index in [1.54, 1.807) is 12.1 Å². The fourth-order valence-corrected chi connectivity index (χ4v) is 5.09. The fourth-order valence-electron chi connectivity index (χ4n) is 5.09. The number of phenolic OH excluding ortho intramolecular Hbond substituents is 1. The molecule has 3 heterocycles. The summed E-state index contributed by atoms with van der Waals surface area (Å²) in [5.74, 6) is -0.0953. The number of aryl methyl sites for hydroxylation is 1. The third-order valence-corrected chi connectivity index (χ3v) is 6.80. The third-order valence-electron chi connectivity index (χ3n) is 6.80. The van der Waals surface area contributed by atoms with Crippen molar-refractivity contribution in [1.29, 1.82) is 0 Å². The maximum absolute atomic E-state index is 13.5. The van der Waals surface area contributed by atoms with Crippen LogP contribution in [0, 0.1) is 5.92 Å². The lowest BCUT2D eigenvalue weighted by Gasteiger charge is -2.20. The van der Waals surface area contributed by atoms with Gasteiger partial charge in [-0.2, -0.15) is 0 Å². The third kappa shape index (κ3) is 3.43. The molecule has 34 heavy (non-hydrogen) atoms. The summed E-state index contributed by atoms with van der Waals surface area (Å²) in [5, 5.41) is 15.1. The molecule has 0 fully saturated rings. The summed E-state index contributed by atoms with van der Waals surface area (Å²) < 4.78 is 7.49. The average molecular weight is 460 g/mol. The second-order valence-electron chi connectivity index (χ2n) is 9.45. The van der Waals surface area contributed by atoms with E-state index in [1.807, 2.05) is 18.2 Å². The number of nitrogens with zero attached hydrogens (tertiary/aromatic N) is 2. The molecule has 2 aromatic carbocycles. The lowest BCUT2D eigenvalue weighted by atomic mass is 9.84. The van der Waals surface area contributed by atoms with Gasteiger partial charge >= 0.3 is 0 Å². The number of rotatable bonds is 5. The monoisotopic (exact) mass is 459 g/mol. The minimum Gasteiger partial charge on any atom is -0.504 e. The van der Waals surface area contributed by atoms with Crippen LogP contribution < -0.4 is 10.1 Å². The van der Waals surface area contributed by atoms with Gasteiger partial charge in [0.1, 0.15) is 0 Å². The summed E-state index contributed by atoms with van der Waals surface area (Å²) in [4.78, 5) is 27.0. The highest BCUT2D eigenvalue weighted by Gasteiger charge is 2.41. The minimum atomic E-state index is -0.442. The van der Waals surface area contributed by atoms with Crippen LogP contribution in [0.1, 0.15) is 44.2 Å². The quantitative estimate of drug-likeness (QED) is 0.583. The Morgan fingerprint density at radius 3 is 2.74 bits per heavy atom. The number of imide groups is 1. The van der Waals surface area contributed by atoms with Gasteiger partial charge in [0.2, 0.25) is 5.91 Å². The first-order valence-corrected chi connectivity index (χ1v) is 11.6. The van der Waals surface area contributed by atoms with E-state index in [4.69, 9.17) is 4.74 Å². The molecule has 5 rings (SSSR count). The van der Waals surface area contributed by atoms with Gasteiger partial charge < -0.3 is 19.7 Å². The summed E-state index contributed by atoms with van der Waals surface area (Å²) >= 11 is 0. The molecular formula is C27H29N3O4. The van der Waals surface area contributed by atoms with E-state index in [1.165, 1.54) is 18.9 Å². The molecule has 0 saturated heterocycles. The van der Waals surface area contributed by atoms with Crippen LogP contribution in [0.3, 0.4) is 0 Å². The highest BCUT2D eigenvalue weighted by molar-refractivity contribution is 6.11. The molecule has 3 aromatic rings. The van der Waals surface area contributed by atoms with E-state index in [-0.39, 0.29) is 24.1 Å². The van der Waals surface area contributed by atoms with Gasteiger partial charge in [0, 0.05) is 42.4 Å². The molecule has 1 atom stereocenters. The van der Waals surface area contributed by atoms with E-state index < -0.39 is 5.92 Å². The zero-order chi connectivity index (χ0) is 24.1. The molecule has 7 nitrogen and oxygen atoms in total. The first-order valence-electron chi connectivity index (χ1n) is 11.6. The first kappa shape index (κ1) is 22.1. The molecule has 1 aromatic heterocycles. The van der Waals surface area contributed by atoms with Gasteiger partial charge in [-0.05, 0) is 47.7 Å². The van der Waals surface area contributed by atoms with E-state index in [2.05, 4.69) is 36.0 Å². The molecule has 0 radical (unpaired) electrons. The van der Waals surface area contributed by atoms with Gasteiger partial charge in [0.15, 0.2) is 11.5 Å². The smallest absolute Gasteiger partial charge is 0.259 e.